The Morgan fingerprint density at radius 2 is 1.97 bits per heavy atom. The molecule has 36 heavy (non-hydrogen) atoms. The number of guanidine groups is 1. The molecule has 3 aromatic heterocycles. The van der Waals surface area contributed by atoms with Crippen LogP contribution in [0, 0.1) is 6.92 Å². The maximum atomic E-state index is 13.2. The molecular formula is C22H23ClN10O2S. The second kappa shape index (κ2) is 9.32. The summed E-state index contributed by atoms with van der Waals surface area (Å²) in [7, 11) is 0. The van der Waals surface area contributed by atoms with Crippen LogP contribution in [0.15, 0.2) is 29.5 Å². The van der Waals surface area contributed by atoms with Crippen LogP contribution in [0.25, 0.3) is 10.6 Å². The number of rotatable bonds is 3. The van der Waals surface area contributed by atoms with E-state index in [9.17, 15) is 9.59 Å². The highest BCUT2D eigenvalue weighted by atomic mass is 35.5. The van der Waals surface area contributed by atoms with Crippen LogP contribution in [0.3, 0.4) is 0 Å². The lowest BCUT2D eigenvalue weighted by atomic mass is 9.88. The number of piperidine rings is 1. The van der Waals surface area contributed by atoms with Crippen molar-refractivity contribution in [1.82, 2.24) is 35.5 Å². The number of aryl methyl sites for hydroxylation is 1. The number of amides is 2. The predicted octanol–water partition coefficient (Wildman–Crippen LogP) is 1.49. The third kappa shape index (κ3) is 4.54. The first-order valence-corrected chi connectivity index (χ1v) is 12.3. The quantitative estimate of drug-likeness (QED) is 0.393. The maximum Gasteiger partial charge on any atom is 0.280 e. The number of anilines is 2. The Kier molecular flexibility index (Phi) is 6.18. The van der Waals surface area contributed by atoms with Crippen molar-refractivity contribution >= 4 is 52.3 Å². The van der Waals surface area contributed by atoms with E-state index in [1.54, 1.807) is 12.4 Å². The van der Waals surface area contributed by atoms with Crippen molar-refractivity contribution in [3.8, 4) is 10.6 Å². The Bertz CT molecular complexity index is 1370. The molecule has 0 radical (unpaired) electrons. The monoisotopic (exact) mass is 526 g/mol. The molecule has 2 aliphatic rings. The van der Waals surface area contributed by atoms with Crippen molar-refractivity contribution < 1.29 is 9.59 Å². The van der Waals surface area contributed by atoms with Crippen molar-refractivity contribution in [2.45, 2.75) is 25.3 Å². The van der Waals surface area contributed by atoms with Gasteiger partial charge in [-0.1, -0.05) is 11.6 Å². The summed E-state index contributed by atoms with van der Waals surface area (Å²) in [5.74, 6) is -0.489. The van der Waals surface area contributed by atoms with Gasteiger partial charge in [-0.3, -0.25) is 24.9 Å². The number of nitrogens with one attached hydrogen (secondary N) is 2. The summed E-state index contributed by atoms with van der Waals surface area (Å²) in [6.07, 6.45) is 4.78. The average Bonchev–Trinajstić information content (AvgIpc) is 3.45. The summed E-state index contributed by atoms with van der Waals surface area (Å²) in [5.41, 5.74) is 12.4. The fraction of sp³-hybridized carbons (Fsp3) is 0.318. The zero-order valence-corrected chi connectivity index (χ0v) is 20.9. The molecule has 6 N–H and O–H groups in total. The first-order valence-electron chi connectivity index (χ1n) is 11.1. The average molecular weight is 527 g/mol. The van der Waals surface area contributed by atoms with Crippen molar-refractivity contribution in [2.75, 3.05) is 31.1 Å². The van der Waals surface area contributed by atoms with Crippen LogP contribution in [0.2, 0.25) is 5.15 Å². The number of carbonyl (C=O) groups excluding carboxylic acids is 2. The van der Waals surface area contributed by atoms with Gasteiger partial charge in [0.1, 0.15) is 9.88 Å². The molecule has 1 saturated heterocycles. The third-order valence-corrected chi connectivity index (χ3v) is 7.65. The number of hydrogen-bond acceptors (Lipinski definition) is 11. The van der Waals surface area contributed by atoms with Crippen LogP contribution in [0.1, 0.15) is 38.7 Å². The van der Waals surface area contributed by atoms with Gasteiger partial charge >= 0.3 is 0 Å². The van der Waals surface area contributed by atoms with Gasteiger partial charge in [-0.2, -0.15) is 0 Å². The molecule has 5 heterocycles. The second-order valence-electron chi connectivity index (χ2n) is 8.63. The predicted molar refractivity (Wildman–Crippen MR) is 137 cm³/mol. The van der Waals surface area contributed by atoms with Crippen molar-refractivity contribution in [3.05, 3.63) is 45.9 Å². The molecular weight excluding hydrogens is 504 g/mol. The van der Waals surface area contributed by atoms with Gasteiger partial charge in [-0.15, -0.1) is 11.3 Å². The van der Waals surface area contributed by atoms with E-state index >= 15 is 0 Å². The minimum atomic E-state index is -0.595. The van der Waals surface area contributed by atoms with Crippen LogP contribution in [-0.4, -0.2) is 67.8 Å². The summed E-state index contributed by atoms with van der Waals surface area (Å²) < 4.78 is 0. The first kappa shape index (κ1) is 23.9. The lowest BCUT2D eigenvalue weighted by molar-refractivity contribution is 0.0672. The summed E-state index contributed by atoms with van der Waals surface area (Å²) in [4.78, 5) is 49.2. The molecule has 1 fully saturated rings. The molecule has 1 spiro atoms. The highest BCUT2D eigenvalue weighted by molar-refractivity contribution is 7.17. The van der Waals surface area contributed by atoms with Crippen LogP contribution in [0.5, 0.6) is 0 Å². The Morgan fingerprint density at radius 3 is 2.69 bits per heavy atom. The topological polar surface area (TPSA) is 177 Å². The van der Waals surface area contributed by atoms with Crippen LogP contribution in [0.4, 0.5) is 11.6 Å². The fourth-order valence-corrected chi connectivity index (χ4v) is 5.33. The van der Waals surface area contributed by atoms with Gasteiger partial charge in [-0.05, 0) is 31.9 Å². The molecule has 0 aliphatic carbocycles. The highest BCUT2D eigenvalue weighted by Crippen LogP contribution is 2.31. The van der Waals surface area contributed by atoms with Crippen molar-refractivity contribution in [2.24, 2.45) is 4.99 Å². The number of thiazole rings is 1. The Morgan fingerprint density at radius 1 is 1.19 bits per heavy atom. The maximum absolute atomic E-state index is 13.2. The molecule has 0 saturated carbocycles. The number of aliphatic imine (C=N–C) groups is 1. The SMILES string of the molecule is Cc1nc(-c2cccnc2)sc1C(=O)N1CCC2(CC1)CN=C(NC(=O)c1nc(Cl)c(N)nc1N)N2. The van der Waals surface area contributed by atoms with Gasteiger partial charge in [-0.25, -0.2) is 15.0 Å². The van der Waals surface area contributed by atoms with Crippen LogP contribution >= 0.6 is 22.9 Å². The van der Waals surface area contributed by atoms with Crippen LogP contribution in [-0.2, 0) is 0 Å². The van der Waals surface area contributed by atoms with Crippen molar-refractivity contribution in [3.63, 3.8) is 0 Å². The smallest absolute Gasteiger partial charge is 0.280 e. The van der Waals surface area contributed by atoms with E-state index in [2.05, 4.69) is 35.6 Å². The third-order valence-electron chi connectivity index (χ3n) is 6.18. The van der Waals surface area contributed by atoms with E-state index in [0.29, 0.717) is 49.0 Å². The van der Waals surface area contributed by atoms with Gasteiger partial charge < -0.3 is 21.7 Å². The molecule has 2 amide bonds. The molecule has 5 rings (SSSR count). The molecule has 14 heteroatoms. The zero-order chi connectivity index (χ0) is 25.4. The fourth-order valence-electron chi connectivity index (χ4n) is 4.18. The van der Waals surface area contributed by atoms with E-state index in [-0.39, 0.29) is 33.9 Å². The summed E-state index contributed by atoms with van der Waals surface area (Å²) >= 11 is 7.25. The summed E-state index contributed by atoms with van der Waals surface area (Å²) in [6.45, 7) is 3.42. The number of aromatic nitrogens is 4. The number of halogens is 1. The zero-order valence-electron chi connectivity index (χ0n) is 19.3. The highest BCUT2D eigenvalue weighted by Gasteiger charge is 2.40. The first-order chi connectivity index (χ1) is 17.2. The largest absolute Gasteiger partial charge is 0.382 e. The molecule has 0 bridgehead atoms. The Hall–Kier alpha value is -3.84. The minimum absolute atomic E-state index is 0.0308. The number of pyridine rings is 1. The van der Waals surface area contributed by atoms with Crippen molar-refractivity contribution in [1.29, 1.82) is 0 Å². The van der Waals surface area contributed by atoms with E-state index < -0.39 is 5.91 Å². The number of nitrogens with two attached hydrogens (primary N) is 2. The second-order valence-corrected chi connectivity index (χ2v) is 9.98. The molecule has 0 unspecified atom stereocenters. The van der Waals surface area contributed by atoms with Gasteiger partial charge in [0, 0.05) is 31.0 Å². The normalized spacial score (nSPS) is 16.5. The Balaban J connectivity index is 1.20. The van der Waals surface area contributed by atoms with Gasteiger partial charge in [0.15, 0.2) is 28.4 Å². The van der Waals surface area contributed by atoms with E-state index in [1.165, 1.54) is 11.3 Å². The Labute approximate surface area is 215 Å². The molecule has 2 aliphatic heterocycles. The number of likely N-dealkylation sites (tertiary alicyclic amines) is 1. The summed E-state index contributed by atoms with van der Waals surface area (Å²) in [5, 5.41) is 6.64. The van der Waals surface area contributed by atoms with Gasteiger partial charge in [0.25, 0.3) is 11.8 Å². The molecule has 12 nitrogen and oxygen atoms in total. The van der Waals surface area contributed by atoms with Gasteiger partial charge in [0.05, 0.1) is 17.8 Å². The number of nitrogens with zero attached hydrogens (tertiary/aromatic N) is 6. The number of hydrogen-bond donors (Lipinski definition) is 4. The molecule has 0 atom stereocenters. The lowest BCUT2D eigenvalue weighted by Gasteiger charge is -2.39. The summed E-state index contributed by atoms with van der Waals surface area (Å²) in [6, 6.07) is 3.77. The molecule has 0 aromatic carbocycles. The number of carbonyl (C=O) groups is 2. The van der Waals surface area contributed by atoms with Gasteiger partial charge in [0.2, 0.25) is 0 Å². The van der Waals surface area contributed by atoms with E-state index in [1.807, 2.05) is 24.0 Å². The van der Waals surface area contributed by atoms with Crippen LogP contribution < -0.4 is 22.1 Å². The number of nitrogen functional groups attached to an aromatic ring is 2. The molecule has 186 valence electrons. The lowest BCUT2D eigenvalue weighted by Crippen LogP contribution is -2.56. The van der Waals surface area contributed by atoms with E-state index in [0.717, 1.165) is 10.6 Å². The minimum Gasteiger partial charge on any atom is -0.382 e. The van der Waals surface area contributed by atoms with E-state index in [4.69, 9.17) is 23.1 Å². The standard InChI is InChI=1S/C22H23ClN10O2S/c1-11-14(36-19(28-11)12-3-2-6-26-9-12)20(35)33-7-4-22(5-8-33)10-27-21(32-22)31-18(34)13-16(24)30-17(25)15(23)29-13/h2-3,6,9H,4-5,7-8,10H2,1H3,(H4,24,25,30)(H2,27,31,32,34). The molecule has 3 aromatic rings.